The van der Waals surface area contributed by atoms with E-state index in [2.05, 4.69) is 10.3 Å². The number of halogens is 2. The van der Waals surface area contributed by atoms with Gasteiger partial charge in [0.05, 0.1) is 16.2 Å². The third-order valence-electron chi connectivity index (χ3n) is 3.90. The normalized spacial score (nSPS) is 11.6. The van der Waals surface area contributed by atoms with Gasteiger partial charge >= 0.3 is 13.2 Å². The lowest BCUT2D eigenvalue weighted by Gasteiger charge is -2.10. The van der Waals surface area contributed by atoms with E-state index in [0.29, 0.717) is 15.6 Å². The third kappa shape index (κ3) is 4.95. The molecule has 0 radical (unpaired) electrons. The Kier molecular flexibility index (Phi) is 5.97. The number of rotatable bonds is 5. The Hall–Kier alpha value is -2.42. The number of fused-ring (bicyclic) bond motifs is 1. The zero-order valence-corrected chi connectivity index (χ0v) is 16.9. The molecule has 3 aromatic rings. The Bertz CT molecular complexity index is 1220. The standard InChI is InChI=1S/C17H14Cl2N3O6P/c18-11-3-1-9(5-12(11)19)6-20-16(24)14-15(23)17(25)22-7-10(8-29(26,27)28)2-4-13(22)21-14/h1-5,7,23H,6,8H2,(H,20,24)(H2,26,27,28). The summed E-state index contributed by atoms with van der Waals surface area (Å²) < 4.78 is 12.0. The molecule has 0 bridgehead atoms. The summed E-state index contributed by atoms with van der Waals surface area (Å²) in [4.78, 5) is 46.9. The molecule has 0 spiro atoms. The summed E-state index contributed by atoms with van der Waals surface area (Å²) in [5, 5.41) is 13.3. The molecule has 29 heavy (non-hydrogen) atoms. The number of aromatic hydroxyl groups is 1. The molecule has 0 aliphatic rings. The second kappa shape index (κ2) is 8.14. The smallest absolute Gasteiger partial charge is 0.329 e. The largest absolute Gasteiger partial charge is 0.501 e. The molecule has 4 N–H and O–H groups in total. The van der Waals surface area contributed by atoms with Gasteiger partial charge in [0, 0.05) is 12.7 Å². The number of aromatic nitrogens is 2. The van der Waals surface area contributed by atoms with Crippen LogP contribution in [0.25, 0.3) is 5.65 Å². The van der Waals surface area contributed by atoms with Gasteiger partial charge in [-0.05, 0) is 29.3 Å². The topological polar surface area (TPSA) is 141 Å². The first-order chi connectivity index (χ1) is 13.5. The van der Waals surface area contributed by atoms with Gasteiger partial charge in [-0.15, -0.1) is 0 Å². The molecule has 12 heteroatoms. The van der Waals surface area contributed by atoms with E-state index in [9.17, 15) is 19.3 Å². The summed E-state index contributed by atoms with van der Waals surface area (Å²) >= 11 is 11.8. The van der Waals surface area contributed by atoms with Crippen molar-refractivity contribution in [2.24, 2.45) is 0 Å². The molecule has 0 saturated heterocycles. The van der Waals surface area contributed by atoms with E-state index in [1.807, 2.05) is 0 Å². The molecule has 1 amide bonds. The van der Waals surface area contributed by atoms with E-state index in [4.69, 9.17) is 33.0 Å². The second-order valence-corrected chi connectivity index (χ2v) is 8.59. The van der Waals surface area contributed by atoms with Crippen molar-refractivity contribution < 1.29 is 24.3 Å². The van der Waals surface area contributed by atoms with Crippen LogP contribution in [0.2, 0.25) is 10.0 Å². The Morgan fingerprint density at radius 1 is 1.14 bits per heavy atom. The summed E-state index contributed by atoms with van der Waals surface area (Å²) in [6, 6.07) is 7.48. The van der Waals surface area contributed by atoms with Gasteiger partial charge in [-0.2, -0.15) is 0 Å². The van der Waals surface area contributed by atoms with Crippen LogP contribution < -0.4 is 10.9 Å². The molecule has 0 fully saturated rings. The molecular formula is C17H14Cl2N3O6P. The van der Waals surface area contributed by atoms with E-state index in [1.165, 1.54) is 12.1 Å². The van der Waals surface area contributed by atoms with Gasteiger partial charge in [-0.25, -0.2) is 4.98 Å². The van der Waals surface area contributed by atoms with E-state index in [0.717, 1.165) is 10.6 Å². The maximum absolute atomic E-state index is 12.4. The highest BCUT2D eigenvalue weighted by Gasteiger charge is 2.20. The van der Waals surface area contributed by atoms with Gasteiger partial charge in [0.25, 0.3) is 5.91 Å². The van der Waals surface area contributed by atoms with Crippen molar-refractivity contribution in [3.8, 4) is 5.75 Å². The van der Waals surface area contributed by atoms with Crippen LogP contribution in [0.3, 0.4) is 0 Å². The number of hydrogen-bond donors (Lipinski definition) is 4. The average Bonchev–Trinajstić information content (AvgIpc) is 2.64. The van der Waals surface area contributed by atoms with Crippen LogP contribution in [0.15, 0.2) is 41.3 Å². The van der Waals surface area contributed by atoms with Crippen molar-refractivity contribution >= 4 is 42.4 Å². The number of carbonyl (C=O) groups is 1. The maximum Gasteiger partial charge on any atom is 0.329 e. The summed E-state index contributed by atoms with van der Waals surface area (Å²) in [7, 11) is -4.34. The Balaban J connectivity index is 1.89. The first kappa shape index (κ1) is 21.3. The average molecular weight is 458 g/mol. The molecule has 2 heterocycles. The lowest BCUT2D eigenvalue weighted by atomic mass is 10.2. The van der Waals surface area contributed by atoms with Gasteiger partial charge in [-0.1, -0.05) is 35.3 Å². The van der Waals surface area contributed by atoms with E-state index in [-0.39, 0.29) is 17.8 Å². The minimum Gasteiger partial charge on any atom is -0.501 e. The molecule has 0 aliphatic heterocycles. The van der Waals surface area contributed by atoms with Crippen molar-refractivity contribution in [2.75, 3.05) is 0 Å². The van der Waals surface area contributed by atoms with Crippen LogP contribution in [-0.4, -0.2) is 30.2 Å². The molecule has 0 saturated carbocycles. The summed E-state index contributed by atoms with van der Waals surface area (Å²) in [5.41, 5.74) is -0.570. The van der Waals surface area contributed by atoms with Crippen molar-refractivity contribution in [3.05, 3.63) is 73.7 Å². The van der Waals surface area contributed by atoms with Crippen molar-refractivity contribution in [1.82, 2.24) is 14.7 Å². The molecule has 2 aromatic heterocycles. The third-order valence-corrected chi connectivity index (χ3v) is 5.42. The number of pyridine rings is 1. The number of nitrogens with zero attached hydrogens (tertiary/aromatic N) is 2. The molecule has 0 aliphatic carbocycles. The molecule has 0 atom stereocenters. The number of hydrogen-bond acceptors (Lipinski definition) is 5. The first-order valence-electron chi connectivity index (χ1n) is 8.06. The highest BCUT2D eigenvalue weighted by Crippen LogP contribution is 2.38. The van der Waals surface area contributed by atoms with Gasteiger partial charge in [0.15, 0.2) is 5.69 Å². The highest BCUT2D eigenvalue weighted by atomic mass is 35.5. The van der Waals surface area contributed by atoms with Gasteiger partial charge in [-0.3, -0.25) is 18.6 Å². The van der Waals surface area contributed by atoms with E-state index >= 15 is 0 Å². The number of nitrogens with one attached hydrogen (secondary N) is 1. The zero-order valence-electron chi connectivity index (χ0n) is 14.5. The molecular weight excluding hydrogens is 444 g/mol. The fourth-order valence-corrected chi connectivity index (χ4v) is 3.56. The van der Waals surface area contributed by atoms with E-state index < -0.39 is 36.7 Å². The number of amides is 1. The molecule has 9 nitrogen and oxygen atoms in total. The summed E-state index contributed by atoms with van der Waals surface area (Å²) in [6.07, 6.45) is 0.572. The monoisotopic (exact) mass is 457 g/mol. The van der Waals surface area contributed by atoms with Gasteiger partial charge in [0.1, 0.15) is 5.65 Å². The predicted octanol–water partition coefficient (Wildman–Crippen LogP) is 2.31. The van der Waals surface area contributed by atoms with E-state index in [1.54, 1.807) is 18.2 Å². The van der Waals surface area contributed by atoms with Crippen molar-refractivity contribution in [2.45, 2.75) is 12.7 Å². The molecule has 0 unspecified atom stereocenters. The lowest BCUT2D eigenvalue weighted by Crippen LogP contribution is -2.27. The number of carbonyl (C=O) groups excluding carboxylic acids is 1. The Morgan fingerprint density at radius 2 is 1.83 bits per heavy atom. The minimum absolute atomic E-state index is 0.0296. The minimum atomic E-state index is -4.34. The highest BCUT2D eigenvalue weighted by molar-refractivity contribution is 7.50. The second-order valence-electron chi connectivity index (χ2n) is 6.13. The van der Waals surface area contributed by atoms with Crippen LogP contribution in [-0.2, 0) is 17.3 Å². The molecule has 1 aromatic carbocycles. The van der Waals surface area contributed by atoms with Crippen molar-refractivity contribution in [3.63, 3.8) is 0 Å². The molecule has 3 rings (SSSR count). The predicted molar refractivity (Wildman–Crippen MR) is 107 cm³/mol. The lowest BCUT2D eigenvalue weighted by molar-refractivity contribution is 0.0942. The van der Waals surface area contributed by atoms with Crippen LogP contribution in [0, 0.1) is 0 Å². The van der Waals surface area contributed by atoms with Gasteiger partial charge in [0.2, 0.25) is 5.75 Å². The van der Waals surface area contributed by atoms with Crippen LogP contribution in [0.4, 0.5) is 0 Å². The summed E-state index contributed by atoms with van der Waals surface area (Å²) in [5.74, 6) is -1.67. The van der Waals surface area contributed by atoms with Gasteiger partial charge < -0.3 is 20.2 Å². The Labute approximate surface area is 173 Å². The summed E-state index contributed by atoms with van der Waals surface area (Å²) in [6.45, 7) is 0.0530. The SMILES string of the molecule is O=C(NCc1ccc(Cl)c(Cl)c1)c1nc2ccc(CP(=O)(O)O)cn2c(=O)c1O. The fourth-order valence-electron chi connectivity index (χ4n) is 2.58. The zero-order chi connectivity index (χ0) is 21.3. The first-order valence-corrected chi connectivity index (χ1v) is 10.6. The Morgan fingerprint density at radius 3 is 2.48 bits per heavy atom. The molecule has 152 valence electrons. The van der Waals surface area contributed by atoms with Crippen LogP contribution in [0.1, 0.15) is 21.6 Å². The van der Waals surface area contributed by atoms with Crippen LogP contribution >= 0.6 is 30.8 Å². The maximum atomic E-state index is 12.4. The van der Waals surface area contributed by atoms with Crippen molar-refractivity contribution in [1.29, 1.82) is 0 Å². The fraction of sp³-hybridized carbons (Fsp3) is 0.118. The van der Waals surface area contributed by atoms with Crippen LogP contribution in [0.5, 0.6) is 5.75 Å². The quantitative estimate of drug-likeness (QED) is 0.430. The number of benzene rings is 1.